The van der Waals surface area contributed by atoms with E-state index >= 15 is 0 Å². The number of aliphatic carboxylic acids is 1. The first-order valence-electron chi connectivity index (χ1n) is 4.14. The minimum Gasteiger partial charge on any atom is -0.478 e. The molecular formula is C10H16O2. The zero-order chi connectivity index (χ0) is 9.56. The molecule has 0 saturated heterocycles. The van der Waals surface area contributed by atoms with Crippen LogP contribution in [-0.2, 0) is 4.79 Å². The summed E-state index contributed by atoms with van der Waals surface area (Å²) in [5, 5.41) is 7.89. The summed E-state index contributed by atoms with van der Waals surface area (Å²) in [4.78, 5) is 9.60. The number of carboxylic acids is 1. The van der Waals surface area contributed by atoms with Crippen LogP contribution in [-0.4, -0.2) is 11.1 Å². The van der Waals surface area contributed by atoms with Crippen molar-refractivity contribution in [2.24, 2.45) is 0 Å². The molecule has 0 heterocycles. The summed E-state index contributed by atoms with van der Waals surface area (Å²) >= 11 is 0. The maximum atomic E-state index is 9.60. The normalized spacial score (nSPS) is 12.7. The largest absolute Gasteiger partial charge is 0.478 e. The summed E-state index contributed by atoms with van der Waals surface area (Å²) in [7, 11) is 0. The van der Waals surface area contributed by atoms with Crippen molar-refractivity contribution in [3.8, 4) is 0 Å². The standard InChI is InChI=1S/C6H10.C4H6O2/c1-2-3-6-4-5-6;1-3(2)4(5)6/h3H,2,4-5H2,1H3;1H2,2H3,(H,5,6). The molecule has 0 bridgehead atoms. The molecule has 0 aromatic rings. The molecule has 1 rings (SSSR count). The zero-order valence-corrected chi connectivity index (χ0v) is 7.76. The monoisotopic (exact) mass is 168 g/mol. The third-order valence-electron chi connectivity index (χ3n) is 1.40. The van der Waals surface area contributed by atoms with Crippen LogP contribution < -0.4 is 0 Å². The Bertz CT molecular complexity index is 184. The van der Waals surface area contributed by atoms with Gasteiger partial charge in [0.25, 0.3) is 0 Å². The second kappa shape index (κ2) is 5.58. The SMILES string of the molecule is C=C(C)C(=O)O.CCC=C1CC1. The summed E-state index contributed by atoms with van der Waals surface area (Å²) in [5.74, 6) is -0.935. The summed E-state index contributed by atoms with van der Waals surface area (Å²) in [5.41, 5.74) is 1.84. The summed E-state index contributed by atoms with van der Waals surface area (Å²) in [6.45, 7) is 6.79. The highest BCUT2D eigenvalue weighted by Crippen LogP contribution is 2.27. The van der Waals surface area contributed by atoms with E-state index in [1.165, 1.54) is 26.2 Å². The van der Waals surface area contributed by atoms with Gasteiger partial charge in [-0.25, -0.2) is 4.79 Å². The Hall–Kier alpha value is -1.05. The van der Waals surface area contributed by atoms with Crippen molar-refractivity contribution in [1.82, 2.24) is 0 Å². The van der Waals surface area contributed by atoms with E-state index in [9.17, 15) is 4.79 Å². The van der Waals surface area contributed by atoms with E-state index in [0.29, 0.717) is 0 Å². The summed E-state index contributed by atoms with van der Waals surface area (Å²) in [6, 6.07) is 0. The molecule has 0 amide bonds. The van der Waals surface area contributed by atoms with E-state index in [1.807, 2.05) is 0 Å². The van der Waals surface area contributed by atoms with Gasteiger partial charge in [-0.1, -0.05) is 25.2 Å². The van der Waals surface area contributed by atoms with Gasteiger partial charge in [-0.15, -0.1) is 0 Å². The second-order valence-electron chi connectivity index (χ2n) is 2.86. The Labute approximate surface area is 73.6 Å². The minimum absolute atomic E-state index is 0.176. The third-order valence-corrected chi connectivity index (χ3v) is 1.40. The minimum atomic E-state index is -0.935. The van der Waals surface area contributed by atoms with Crippen LogP contribution in [0.25, 0.3) is 0 Å². The molecule has 0 spiro atoms. The van der Waals surface area contributed by atoms with Crippen molar-refractivity contribution in [3.05, 3.63) is 23.8 Å². The highest BCUT2D eigenvalue weighted by atomic mass is 16.4. The van der Waals surface area contributed by atoms with E-state index < -0.39 is 5.97 Å². The number of hydrogen-bond donors (Lipinski definition) is 1. The molecule has 0 unspecified atom stereocenters. The average Bonchev–Trinajstić information content (AvgIpc) is 2.73. The van der Waals surface area contributed by atoms with E-state index in [4.69, 9.17) is 5.11 Å². The highest BCUT2D eigenvalue weighted by Gasteiger charge is 2.07. The zero-order valence-electron chi connectivity index (χ0n) is 7.76. The Morgan fingerprint density at radius 2 is 2.08 bits per heavy atom. The van der Waals surface area contributed by atoms with Crippen molar-refractivity contribution in [3.63, 3.8) is 0 Å². The first-order chi connectivity index (χ1) is 5.57. The molecule has 1 aliphatic rings. The van der Waals surface area contributed by atoms with Crippen molar-refractivity contribution < 1.29 is 9.90 Å². The number of carboxylic acid groups (broad SMARTS) is 1. The molecule has 0 atom stereocenters. The van der Waals surface area contributed by atoms with E-state index in [0.717, 1.165) is 0 Å². The molecule has 0 aliphatic heterocycles. The predicted octanol–water partition coefficient (Wildman–Crippen LogP) is 2.76. The molecule has 0 aromatic heterocycles. The van der Waals surface area contributed by atoms with Crippen molar-refractivity contribution in [1.29, 1.82) is 0 Å². The van der Waals surface area contributed by atoms with E-state index in [2.05, 4.69) is 19.6 Å². The molecule has 1 fully saturated rings. The quantitative estimate of drug-likeness (QED) is 0.508. The van der Waals surface area contributed by atoms with Gasteiger partial charge in [-0.2, -0.15) is 0 Å². The fraction of sp³-hybridized carbons (Fsp3) is 0.500. The van der Waals surface area contributed by atoms with E-state index in [-0.39, 0.29) is 5.57 Å². The smallest absolute Gasteiger partial charge is 0.330 e. The van der Waals surface area contributed by atoms with Gasteiger partial charge in [-0.05, 0) is 26.2 Å². The van der Waals surface area contributed by atoms with Crippen LogP contribution in [0.2, 0.25) is 0 Å². The van der Waals surface area contributed by atoms with Crippen LogP contribution in [0.5, 0.6) is 0 Å². The molecule has 0 aromatic carbocycles. The molecule has 1 N–H and O–H groups in total. The first kappa shape index (κ1) is 11.0. The van der Waals surface area contributed by atoms with Crippen LogP contribution >= 0.6 is 0 Å². The van der Waals surface area contributed by atoms with Crippen LogP contribution in [0, 0.1) is 0 Å². The number of rotatable bonds is 2. The van der Waals surface area contributed by atoms with Crippen LogP contribution in [0.15, 0.2) is 23.8 Å². The fourth-order valence-electron chi connectivity index (χ4n) is 0.565. The molecule has 2 nitrogen and oxygen atoms in total. The van der Waals surface area contributed by atoms with Crippen LogP contribution in [0.4, 0.5) is 0 Å². The lowest BCUT2D eigenvalue weighted by atomic mass is 10.4. The predicted molar refractivity (Wildman–Crippen MR) is 50.1 cm³/mol. The first-order valence-corrected chi connectivity index (χ1v) is 4.14. The Kier molecular flexibility index (Phi) is 5.09. The van der Waals surface area contributed by atoms with Gasteiger partial charge in [-0.3, -0.25) is 0 Å². The van der Waals surface area contributed by atoms with Gasteiger partial charge in [0.1, 0.15) is 0 Å². The van der Waals surface area contributed by atoms with Crippen molar-refractivity contribution in [2.75, 3.05) is 0 Å². The van der Waals surface area contributed by atoms with Gasteiger partial charge >= 0.3 is 5.97 Å². The molecule has 1 saturated carbocycles. The Morgan fingerprint density at radius 1 is 1.67 bits per heavy atom. The second-order valence-corrected chi connectivity index (χ2v) is 2.86. The number of allylic oxidation sites excluding steroid dienone is 2. The maximum Gasteiger partial charge on any atom is 0.330 e. The van der Waals surface area contributed by atoms with E-state index in [1.54, 1.807) is 5.57 Å². The van der Waals surface area contributed by atoms with Crippen LogP contribution in [0.3, 0.4) is 0 Å². The number of carbonyl (C=O) groups is 1. The lowest BCUT2D eigenvalue weighted by molar-refractivity contribution is -0.132. The van der Waals surface area contributed by atoms with Crippen molar-refractivity contribution in [2.45, 2.75) is 33.1 Å². The molecule has 12 heavy (non-hydrogen) atoms. The molecule has 0 radical (unpaired) electrons. The van der Waals surface area contributed by atoms with Gasteiger partial charge in [0, 0.05) is 5.57 Å². The van der Waals surface area contributed by atoms with Crippen LogP contribution in [0.1, 0.15) is 33.1 Å². The average molecular weight is 168 g/mol. The third kappa shape index (κ3) is 7.06. The van der Waals surface area contributed by atoms with Gasteiger partial charge in [0.15, 0.2) is 0 Å². The molecule has 68 valence electrons. The Morgan fingerprint density at radius 3 is 2.17 bits per heavy atom. The number of hydrogen-bond acceptors (Lipinski definition) is 1. The lowest BCUT2D eigenvalue weighted by Gasteiger charge is -1.79. The lowest BCUT2D eigenvalue weighted by Crippen LogP contribution is -1.92. The molecule has 2 heteroatoms. The summed E-state index contributed by atoms with van der Waals surface area (Å²) in [6.07, 6.45) is 6.32. The van der Waals surface area contributed by atoms with Gasteiger partial charge in [0.2, 0.25) is 0 Å². The molecule has 1 aliphatic carbocycles. The fourth-order valence-corrected chi connectivity index (χ4v) is 0.565. The topological polar surface area (TPSA) is 37.3 Å². The molecular weight excluding hydrogens is 152 g/mol. The van der Waals surface area contributed by atoms with Crippen molar-refractivity contribution >= 4 is 5.97 Å². The Balaban J connectivity index is 0.000000202. The maximum absolute atomic E-state index is 9.60. The highest BCUT2D eigenvalue weighted by molar-refractivity contribution is 5.84. The van der Waals surface area contributed by atoms with Gasteiger partial charge in [0.05, 0.1) is 0 Å². The van der Waals surface area contributed by atoms with Gasteiger partial charge < -0.3 is 5.11 Å². The summed E-state index contributed by atoms with van der Waals surface area (Å²) < 4.78 is 0.